The van der Waals surface area contributed by atoms with Crippen LogP contribution >= 0.6 is 0 Å². The maximum Gasteiger partial charge on any atom is 0.408 e. The number of hydrogen-bond acceptors (Lipinski definition) is 5. The van der Waals surface area contributed by atoms with Gasteiger partial charge in [0.05, 0.1) is 22.3 Å². The van der Waals surface area contributed by atoms with Crippen molar-refractivity contribution in [2.75, 3.05) is 12.4 Å². The van der Waals surface area contributed by atoms with Crippen LogP contribution < -0.4 is 10.6 Å². The molecule has 0 aliphatic heterocycles. The number of alkyl carbamates (subject to hydrolysis) is 1. The van der Waals surface area contributed by atoms with E-state index in [2.05, 4.69) is 22.8 Å². The lowest BCUT2D eigenvalue weighted by molar-refractivity contribution is 0.0377. The van der Waals surface area contributed by atoms with Crippen LogP contribution in [-0.2, 0) is 10.3 Å². The van der Waals surface area contributed by atoms with Crippen LogP contribution in [0.4, 0.5) is 15.0 Å². The SMILES string of the molecule is CNc1c(-c2ccccc2)c(-c2ccc(C3(NC(=O)OC(C)(C)C)CCC3)cc2)nc2c3cc(F)ccc3nn12. The minimum absolute atomic E-state index is 0.337. The largest absolute Gasteiger partial charge is 0.444 e. The van der Waals surface area contributed by atoms with E-state index in [0.29, 0.717) is 16.6 Å². The van der Waals surface area contributed by atoms with E-state index >= 15 is 0 Å². The third-order valence-electron chi connectivity index (χ3n) is 7.47. The van der Waals surface area contributed by atoms with Gasteiger partial charge in [-0.3, -0.25) is 0 Å². The van der Waals surface area contributed by atoms with Gasteiger partial charge in [-0.05, 0) is 69.4 Å². The van der Waals surface area contributed by atoms with Crippen molar-refractivity contribution >= 4 is 28.5 Å². The number of ether oxygens (including phenoxy) is 1. The molecular weight excluding hydrogens is 505 g/mol. The summed E-state index contributed by atoms with van der Waals surface area (Å²) in [5.74, 6) is 0.422. The van der Waals surface area contributed by atoms with Crippen molar-refractivity contribution in [2.24, 2.45) is 0 Å². The number of fused-ring (bicyclic) bond motifs is 3. The first kappa shape index (κ1) is 25.8. The Bertz CT molecular complexity index is 1720. The summed E-state index contributed by atoms with van der Waals surface area (Å²) in [5, 5.41) is 11.8. The second-order valence-electron chi connectivity index (χ2n) is 11.3. The number of hydrogen-bond donors (Lipinski definition) is 2. The Balaban J connectivity index is 1.49. The number of anilines is 1. The molecule has 0 radical (unpaired) electrons. The van der Waals surface area contributed by atoms with Crippen LogP contribution in [0.2, 0.25) is 0 Å². The molecule has 0 spiro atoms. The quantitative estimate of drug-likeness (QED) is 0.246. The molecule has 7 nitrogen and oxygen atoms in total. The summed E-state index contributed by atoms with van der Waals surface area (Å²) in [7, 11) is 1.85. The zero-order valence-electron chi connectivity index (χ0n) is 23.1. The first-order valence-electron chi connectivity index (χ1n) is 13.5. The highest BCUT2D eigenvalue weighted by Gasteiger charge is 2.41. The Morgan fingerprint density at radius 2 is 1.73 bits per heavy atom. The predicted octanol–water partition coefficient (Wildman–Crippen LogP) is 7.30. The Morgan fingerprint density at radius 3 is 2.35 bits per heavy atom. The van der Waals surface area contributed by atoms with Crippen LogP contribution in [0.25, 0.3) is 38.9 Å². The molecule has 0 unspecified atom stereocenters. The lowest BCUT2D eigenvalue weighted by Crippen LogP contribution is -2.52. The van der Waals surface area contributed by atoms with Crippen molar-refractivity contribution in [3.8, 4) is 22.4 Å². The van der Waals surface area contributed by atoms with Crippen molar-refractivity contribution in [1.29, 1.82) is 0 Å². The van der Waals surface area contributed by atoms with Crippen LogP contribution in [-0.4, -0.2) is 33.3 Å². The molecule has 2 aromatic heterocycles. The lowest BCUT2D eigenvalue weighted by Gasteiger charge is -2.43. The van der Waals surface area contributed by atoms with Gasteiger partial charge in [-0.15, -0.1) is 0 Å². The molecule has 2 N–H and O–H groups in total. The van der Waals surface area contributed by atoms with Gasteiger partial charge in [0.15, 0.2) is 5.65 Å². The normalized spacial score (nSPS) is 14.6. The summed E-state index contributed by atoms with van der Waals surface area (Å²) in [4.78, 5) is 17.7. The topological polar surface area (TPSA) is 80.5 Å². The fourth-order valence-electron chi connectivity index (χ4n) is 5.47. The van der Waals surface area contributed by atoms with E-state index in [1.165, 1.54) is 12.1 Å². The third kappa shape index (κ3) is 4.53. The lowest BCUT2D eigenvalue weighted by atomic mass is 9.71. The summed E-state index contributed by atoms with van der Waals surface area (Å²) in [6.07, 6.45) is 2.32. The number of benzene rings is 3. The van der Waals surface area contributed by atoms with E-state index in [1.54, 1.807) is 10.6 Å². The minimum atomic E-state index is -0.567. The van der Waals surface area contributed by atoms with Crippen molar-refractivity contribution < 1.29 is 13.9 Å². The zero-order chi connectivity index (χ0) is 28.1. The monoisotopic (exact) mass is 537 g/mol. The van der Waals surface area contributed by atoms with Crippen LogP contribution in [0.1, 0.15) is 45.6 Å². The molecule has 6 rings (SSSR count). The molecule has 1 saturated carbocycles. The van der Waals surface area contributed by atoms with Gasteiger partial charge in [-0.2, -0.15) is 9.61 Å². The fraction of sp³-hybridized carbons (Fsp3) is 0.281. The Kier molecular flexibility index (Phi) is 6.21. The molecular formula is C32H32FN5O2. The van der Waals surface area contributed by atoms with Crippen LogP contribution in [0.5, 0.6) is 0 Å². The van der Waals surface area contributed by atoms with Gasteiger partial charge in [0.2, 0.25) is 0 Å². The molecule has 2 heterocycles. The third-order valence-corrected chi connectivity index (χ3v) is 7.47. The summed E-state index contributed by atoms with van der Waals surface area (Å²) in [6, 6.07) is 22.8. The maximum absolute atomic E-state index is 14.2. The molecule has 1 aliphatic rings. The Labute approximate surface area is 232 Å². The molecule has 5 aromatic rings. The van der Waals surface area contributed by atoms with Crippen molar-refractivity contribution in [3.63, 3.8) is 0 Å². The van der Waals surface area contributed by atoms with E-state index in [1.807, 2.05) is 70.3 Å². The van der Waals surface area contributed by atoms with Crippen molar-refractivity contribution in [3.05, 3.63) is 84.2 Å². The zero-order valence-corrected chi connectivity index (χ0v) is 23.1. The summed E-state index contributed by atoms with van der Waals surface area (Å²) in [5.41, 5.74) is 4.77. The fourth-order valence-corrected chi connectivity index (χ4v) is 5.47. The number of carbonyl (C=O) groups excluding carboxylic acids is 1. The second kappa shape index (κ2) is 9.62. The number of nitrogens with one attached hydrogen (secondary N) is 2. The van der Waals surface area contributed by atoms with E-state index in [0.717, 1.165) is 53.0 Å². The Hall–Kier alpha value is -4.46. The summed E-state index contributed by atoms with van der Waals surface area (Å²) < 4.78 is 21.5. The highest BCUT2D eigenvalue weighted by Crippen LogP contribution is 2.43. The first-order valence-corrected chi connectivity index (χ1v) is 13.5. The van der Waals surface area contributed by atoms with E-state index in [-0.39, 0.29) is 5.82 Å². The molecule has 8 heteroatoms. The van der Waals surface area contributed by atoms with Gasteiger partial charge in [-0.25, -0.2) is 14.2 Å². The van der Waals surface area contributed by atoms with Crippen LogP contribution in [0, 0.1) is 5.82 Å². The van der Waals surface area contributed by atoms with Gasteiger partial charge < -0.3 is 15.4 Å². The van der Waals surface area contributed by atoms with E-state index in [9.17, 15) is 9.18 Å². The number of halogens is 1. The predicted molar refractivity (Wildman–Crippen MR) is 156 cm³/mol. The van der Waals surface area contributed by atoms with Gasteiger partial charge in [-0.1, -0.05) is 54.6 Å². The van der Waals surface area contributed by atoms with Crippen molar-refractivity contribution in [1.82, 2.24) is 19.9 Å². The Morgan fingerprint density at radius 1 is 1.00 bits per heavy atom. The molecule has 1 aliphatic carbocycles. The van der Waals surface area contributed by atoms with Gasteiger partial charge in [0.25, 0.3) is 0 Å². The van der Waals surface area contributed by atoms with Gasteiger partial charge in [0.1, 0.15) is 17.2 Å². The molecule has 0 atom stereocenters. The van der Waals surface area contributed by atoms with Crippen molar-refractivity contribution in [2.45, 2.75) is 51.2 Å². The van der Waals surface area contributed by atoms with E-state index in [4.69, 9.17) is 14.8 Å². The summed E-state index contributed by atoms with van der Waals surface area (Å²) >= 11 is 0. The van der Waals surface area contributed by atoms with Crippen LogP contribution in [0.15, 0.2) is 72.8 Å². The average Bonchev–Trinajstić information content (AvgIpc) is 3.27. The van der Waals surface area contributed by atoms with Gasteiger partial charge in [0, 0.05) is 18.0 Å². The number of amides is 1. The number of carbonyl (C=O) groups is 1. The van der Waals surface area contributed by atoms with Crippen LogP contribution in [0.3, 0.4) is 0 Å². The smallest absolute Gasteiger partial charge is 0.408 e. The maximum atomic E-state index is 14.2. The van der Waals surface area contributed by atoms with E-state index < -0.39 is 17.2 Å². The molecule has 0 bridgehead atoms. The second-order valence-corrected chi connectivity index (χ2v) is 11.3. The molecule has 1 fully saturated rings. The molecule has 40 heavy (non-hydrogen) atoms. The first-order chi connectivity index (χ1) is 19.2. The molecule has 204 valence electrons. The number of nitrogens with zero attached hydrogens (tertiary/aromatic N) is 3. The molecule has 0 saturated heterocycles. The highest BCUT2D eigenvalue weighted by atomic mass is 19.1. The highest BCUT2D eigenvalue weighted by molar-refractivity contribution is 5.97. The minimum Gasteiger partial charge on any atom is -0.444 e. The number of rotatable bonds is 5. The number of aromatic nitrogens is 3. The van der Waals surface area contributed by atoms with Gasteiger partial charge >= 0.3 is 6.09 Å². The average molecular weight is 538 g/mol. The molecule has 3 aromatic carbocycles. The standard InChI is InChI=1S/C32H32FN5O2/c1-31(2,3)40-30(39)36-32(17-8-18-32)22-13-11-21(12-14-22)27-26(20-9-6-5-7-10-20)29(34-4)38-28(35-27)24-19-23(33)15-16-25(24)37-38/h5-7,9-16,19,34H,8,17-18H2,1-4H3,(H,36,39). The molecule has 1 amide bonds. The summed E-state index contributed by atoms with van der Waals surface area (Å²) in [6.45, 7) is 5.58.